The summed E-state index contributed by atoms with van der Waals surface area (Å²) < 4.78 is 0. The van der Waals surface area contributed by atoms with E-state index in [-0.39, 0.29) is 17.7 Å². The third-order valence-electron chi connectivity index (χ3n) is 2.87. The second-order valence-corrected chi connectivity index (χ2v) is 4.49. The second kappa shape index (κ2) is 6.49. The van der Waals surface area contributed by atoms with Gasteiger partial charge in [0, 0.05) is 11.9 Å². The number of nitrogens with two attached hydrogens (primary N) is 1. The number of carbonyl (C=O) groups is 3. The zero-order valence-corrected chi connectivity index (χ0v) is 11.4. The number of aromatic nitrogens is 1. The van der Waals surface area contributed by atoms with Gasteiger partial charge in [-0.05, 0) is 23.8 Å². The molecule has 0 fully saturated rings. The van der Waals surface area contributed by atoms with Gasteiger partial charge in [-0.15, -0.1) is 0 Å². The minimum Gasteiger partial charge on any atom is -0.478 e. The molecule has 0 radical (unpaired) electrons. The molecule has 22 heavy (non-hydrogen) atoms. The molecule has 1 aromatic heterocycles. The van der Waals surface area contributed by atoms with Crippen LogP contribution in [0.1, 0.15) is 26.4 Å². The van der Waals surface area contributed by atoms with Crippen molar-refractivity contribution in [3.63, 3.8) is 0 Å². The fourth-order valence-corrected chi connectivity index (χ4v) is 1.83. The first-order valence-electron chi connectivity index (χ1n) is 6.34. The predicted molar refractivity (Wildman–Crippen MR) is 78.5 cm³/mol. The lowest BCUT2D eigenvalue weighted by atomic mass is 10.1. The molecule has 112 valence electrons. The lowest BCUT2D eigenvalue weighted by Crippen LogP contribution is -2.18. The molecule has 2 amide bonds. The molecule has 7 nitrogen and oxygen atoms in total. The van der Waals surface area contributed by atoms with E-state index >= 15 is 0 Å². The summed E-state index contributed by atoms with van der Waals surface area (Å²) in [6.07, 6.45) is 1.11. The number of carboxylic acids is 1. The van der Waals surface area contributed by atoms with Gasteiger partial charge in [-0.25, -0.2) is 4.79 Å². The number of hydrogen-bond acceptors (Lipinski definition) is 4. The zero-order chi connectivity index (χ0) is 16.1. The number of amides is 2. The highest BCUT2D eigenvalue weighted by molar-refractivity contribution is 6.03. The fraction of sp³-hybridized carbons (Fsp3) is 0.0667. The molecule has 4 N–H and O–H groups in total. The quantitative estimate of drug-likeness (QED) is 0.762. The maximum Gasteiger partial charge on any atom is 0.337 e. The highest BCUT2D eigenvalue weighted by Crippen LogP contribution is 2.16. The molecule has 0 aliphatic rings. The van der Waals surface area contributed by atoms with E-state index in [2.05, 4.69) is 10.3 Å². The minimum absolute atomic E-state index is 0.00182. The Morgan fingerprint density at radius 3 is 2.45 bits per heavy atom. The molecule has 0 atom stereocenters. The third kappa shape index (κ3) is 3.66. The number of carboxylic acid groups (broad SMARTS) is 1. The summed E-state index contributed by atoms with van der Waals surface area (Å²) in [5.41, 5.74) is 6.26. The first kappa shape index (κ1) is 15.2. The molecule has 1 aromatic carbocycles. The molecule has 7 heteroatoms. The summed E-state index contributed by atoms with van der Waals surface area (Å²) in [5, 5.41) is 11.4. The summed E-state index contributed by atoms with van der Waals surface area (Å²) in [6, 6.07) is 9.37. The van der Waals surface area contributed by atoms with Gasteiger partial charge in [0.15, 0.2) is 0 Å². The lowest BCUT2D eigenvalue weighted by molar-refractivity contribution is -0.117. The van der Waals surface area contributed by atoms with Crippen LogP contribution in [0.25, 0.3) is 0 Å². The van der Waals surface area contributed by atoms with Gasteiger partial charge < -0.3 is 16.2 Å². The Morgan fingerprint density at radius 1 is 1.14 bits per heavy atom. The molecule has 0 saturated heterocycles. The van der Waals surface area contributed by atoms with Gasteiger partial charge >= 0.3 is 5.97 Å². The van der Waals surface area contributed by atoms with Crippen molar-refractivity contribution in [1.82, 2.24) is 4.98 Å². The number of nitrogens with zero attached hydrogens (tertiary/aromatic N) is 1. The average molecular weight is 299 g/mol. The van der Waals surface area contributed by atoms with Gasteiger partial charge in [0.2, 0.25) is 5.91 Å². The normalized spacial score (nSPS) is 10.0. The van der Waals surface area contributed by atoms with E-state index in [1.807, 2.05) is 0 Å². The Kier molecular flexibility index (Phi) is 4.47. The van der Waals surface area contributed by atoms with Crippen LogP contribution >= 0.6 is 0 Å². The van der Waals surface area contributed by atoms with E-state index in [1.165, 1.54) is 12.1 Å². The highest BCUT2D eigenvalue weighted by atomic mass is 16.4. The molecule has 0 spiro atoms. The van der Waals surface area contributed by atoms with Gasteiger partial charge in [0.1, 0.15) is 5.69 Å². The van der Waals surface area contributed by atoms with Gasteiger partial charge in [0.05, 0.1) is 12.0 Å². The maximum atomic E-state index is 12.1. The van der Waals surface area contributed by atoms with Crippen molar-refractivity contribution < 1.29 is 19.5 Å². The van der Waals surface area contributed by atoms with E-state index in [0.717, 1.165) is 6.20 Å². The largest absolute Gasteiger partial charge is 0.478 e. The van der Waals surface area contributed by atoms with Crippen molar-refractivity contribution in [3.8, 4) is 0 Å². The first-order chi connectivity index (χ1) is 10.5. The lowest BCUT2D eigenvalue weighted by Gasteiger charge is -2.09. The van der Waals surface area contributed by atoms with Crippen molar-refractivity contribution in [3.05, 3.63) is 59.4 Å². The molecule has 0 aliphatic heterocycles. The highest BCUT2D eigenvalue weighted by Gasteiger charge is 2.12. The Bertz CT molecular complexity index is 726. The van der Waals surface area contributed by atoms with Crippen LogP contribution < -0.4 is 11.1 Å². The van der Waals surface area contributed by atoms with E-state index < -0.39 is 17.8 Å². The maximum absolute atomic E-state index is 12.1. The van der Waals surface area contributed by atoms with Crippen LogP contribution in [0.5, 0.6) is 0 Å². The number of pyridine rings is 1. The SMILES string of the molecule is NC(=O)Cc1ccccc1NC(=O)c1ccc(C(=O)O)cn1. The monoisotopic (exact) mass is 299 g/mol. The standard InChI is InChI=1S/C15H13N3O4/c16-13(19)7-9-3-1-2-4-11(9)18-14(20)12-6-5-10(8-17-12)15(21)22/h1-6,8H,7H2,(H2,16,19)(H,18,20)(H,21,22). The molecular weight excluding hydrogens is 286 g/mol. The number of rotatable bonds is 5. The number of benzene rings is 1. The van der Waals surface area contributed by atoms with E-state index in [1.54, 1.807) is 24.3 Å². The third-order valence-corrected chi connectivity index (χ3v) is 2.87. The van der Waals surface area contributed by atoms with Crippen molar-refractivity contribution >= 4 is 23.5 Å². The van der Waals surface area contributed by atoms with Gasteiger partial charge in [-0.2, -0.15) is 0 Å². The Hall–Kier alpha value is -3.22. The Balaban J connectivity index is 2.18. The molecule has 2 rings (SSSR count). The molecule has 2 aromatic rings. The number of hydrogen-bond donors (Lipinski definition) is 3. The molecule has 1 heterocycles. The number of nitrogens with one attached hydrogen (secondary N) is 1. The molecule has 0 bridgehead atoms. The van der Waals surface area contributed by atoms with Crippen molar-refractivity contribution in [1.29, 1.82) is 0 Å². The number of primary amides is 1. The molecule has 0 unspecified atom stereocenters. The summed E-state index contributed by atoms with van der Waals surface area (Å²) >= 11 is 0. The number of anilines is 1. The van der Waals surface area contributed by atoms with E-state index in [4.69, 9.17) is 10.8 Å². The molecular formula is C15H13N3O4. The van der Waals surface area contributed by atoms with E-state index in [9.17, 15) is 14.4 Å². The predicted octanol–water partition coefficient (Wildman–Crippen LogP) is 1.06. The van der Waals surface area contributed by atoms with Crippen LogP contribution in [-0.4, -0.2) is 27.9 Å². The smallest absolute Gasteiger partial charge is 0.337 e. The van der Waals surface area contributed by atoms with Crippen molar-refractivity contribution in [2.75, 3.05) is 5.32 Å². The minimum atomic E-state index is -1.12. The van der Waals surface area contributed by atoms with Crippen LogP contribution in [-0.2, 0) is 11.2 Å². The molecule has 0 aliphatic carbocycles. The van der Waals surface area contributed by atoms with Crippen LogP contribution in [0, 0.1) is 0 Å². The van der Waals surface area contributed by atoms with Crippen molar-refractivity contribution in [2.24, 2.45) is 5.73 Å². The summed E-state index contributed by atoms with van der Waals surface area (Å²) in [6.45, 7) is 0. The van der Waals surface area contributed by atoms with Crippen LogP contribution in [0.2, 0.25) is 0 Å². The van der Waals surface area contributed by atoms with Crippen LogP contribution in [0.15, 0.2) is 42.6 Å². The van der Waals surface area contributed by atoms with Crippen LogP contribution in [0.4, 0.5) is 5.69 Å². The number of carbonyl (C=O) groups excluding carboxylic acids is 2. The molecule has 0 saturated carbocycles. The van der Waals surface area contributed by atoms with E-state index in [0.29, 0.717) is 11.3 Å². The number of aromatic carboxylic acids is 1. The summed E-state index contributed by atoms with van der Waals surface area (Å²) in [7, 11) is 0. The number of para-hydroxylation sites is 1. The van der Waals surface area contributed by atoms with Gasteiger partial charge in [-0.1, -0.05) is 18.2 Å². The first-order valence-corrected chi connectivity index (χ1v) is 6.34. The Morgan fingerprint density at radius 2 is 1.86 bits per heavy atom. The zero-order valence-electron chi connectivity index (χ0n) is 11.4. The van der Waals surface area contributed by atoms with Gasteiger partial charge in [-0.3, -0.25) is 14.6 Å². The second-order valence-electron chi connectivity index (χ2n) is 4.49. The van der Waals surface area contributed by atoms with Crippen LogP contribution in [0.3, 0.4) is 0 Å². The Labute approximate surface area is 125 Å². The van der Waals surface area contributed by atoms with Crippen molar-refractivity contribution in [2.45, 2.75) is 6.42 Å². The topological polar surface area (TPSA) is 122 Å². The summed E-state index contributed by atoms with van der Waals surface area (Å²) in [5.74, 6) is -2.13. The average Bonchev–Trinajstić information content (AvgIpc) is 2.48. The summed E-state index contributed by atoms with van der Waals surface area (Å²) in [4.78, 5) is 37.7. The fourth-order valence-electron chi connectivity index (χ4n) is 1.83. The van der Waals surface area contributed by atoms with Gasteiger partial charge in [0.25, 0.3) is 5.91 Å².